The molecule has 4 rings (SSSR count). The van der Waals surface area contributed by atoms with Gasteiger partial charge in [0.25, 0.3) is 0 Å². The van der Waals surface area contributed by atoms with E-state index < -0.39 is 5.79 Å². The summed E-state index contributed by atoms with van der Waals surface area (Å²) in [5.74, 6) is 0.749. The quantitative estimate of drug-likeness (QED) is 0.776. The highest BCUT2D eigenvalue weighted by Crippen LogP contribution is 2.58. The van der Waals surface area contributed by atoms with Crippen LogP contribution in [0.25, 0.3) is 0 Å². The molecule has 1 N–H and O–H groups in total. The Hall–Kier alpha value is -0.0800. The first-order valence-corrected chi connectivity index (χ1v) is 6.56. The topological polar surface area (TPSA) is 29.5 Å². The van der Waals surface area contributed by atoms with Gasteiger partial charge in [0.05, 0.1) is 5.60 Å². The summed E-state index contributed by atoms with van der Waals surface area (Å²) in [5.41, 5.74) is 0.0643. The predicted octanol–water partition coefficient (Wildman–Crippen LogP) is 2.84. The zero-order chi connectivity index (χ0) is 10.5. The molecule has 0 radical (unpaired) electrons. The lowest BCUT2D eigenvalue weighted by Crippen LogP contribution is -2.61. The van der Waals surface area contributed by atoms with E-state index in [4.69, 9.17) is 4.74 Å². The van der Waals surface area contributed by atoms with Gasteiger partial charge in [0.15, 0.2) is 5.79 Å². The van der Waals surface area contributed by atoms with Crippen LogP contribution in [-0.2, 0) is 4.74 Å². The minimum Gasteiger partial charge on any atom is -0.365 e. The SMILES string of the molecule is CCCCC12CC3CC(CC(O)(C3)O1)C2. The fourth-order valence-electron chi connectivity index (χ4n) is 4.39. The molecule has 2 saturated heterocycles. The summed E-state index contributed by atoms with van der Waals surface area (Å²) in [5, 5.41) is 10.3. The summed E-state index contributed by atoms with van der Waals surface area (Å²) in [6.07, 6.45) is 9.22. The van der Waals surface area contributed by atoms with Crippen molar-refractivity contribution in [3.05, 3.63) is 0 Å². The molecule has 2 heteroatoms. The molecule has 15 heavy (non-hydrogen) atoms. The molecule has 4 bridgehead atoms. The Bertz CT molecular complexity index is 247. The Labute approximate surface area is 92.0 Å². The first kappa shape index (κ1) is 10.1. The van der Waals surface area contributed by atoms with Crippen molar-refractivity contribution in [2.75, 3.05) is 0 Å². The van der Waals surface area contributed by atoms with Gasteiger partial charge in [-0.1, -0.05) is 19.8 Å². The molecule has 2 aliphatic heterocycles. The third kappa shape index (κ3) is 1.62. The van der Waals surface area contributed by atoms with E-state index in [1.807, 2.05) is 0 Å². The standard InChI is InChI=1S/C13H22O2/c1-2-3-4-12-6-10-5-11(7-12)9-13(14,8-10)15-12/h10-11,14H,2-9H2,1H3. The van der Waals surface area contributed by atoms with E-state index in [0.29, 0.717) is 0 Å². The maximum Gasteiger partial charge on any atom is 0.166 e. The summed E-state index contributed by atoms with van der Waals surface area (Å²) >= 11 is 0. The van der Waals surface area contributed by atoms with E-state index in [0.717, 1.165) is 24.7 Å². The van der Waals surface area contributed by atoms with E-state index in [1.165, 1.54) is 38.5 Å². The van der Waals surface area contributed by atoms with Crippen LogP contribution in [-0.4, -0.2) is 16.5 Å². The Morgan fingerprint density at radius 2 is 1.87 bits per heavy atom. The number of ether oxygens (including phenoxy) is 1. The normalized spacial score (nSPS) is 52.4. The Morgan fingerprint density at radius 1 is 1.20 bits per heavy atom. The molecule has 0 aromatic carbocycles. The van der Waals surface area contributed by atoms with E-state index in [9.17, 15) is 5.11 Å². The molecular formula is C13H22O2. The fourth-order valence-corrected chi connectivity index (χ4v) is 4.39. The van der Waals surface area contributed by atoms with Crippen LogP contribution in [0.2, 0.25) is 0 Å². The second-order valence-electron chi connectivity index (χ2n) is 6.12. The molecule has 4 fully saturated rings. The van der Waals surface area contributed by atoms with Gasteiger partial charge in [-0.2, -0.15) is 0 Å². The predicted molar refractivity (Wildman–Crippen MR) is 58.4 cm³/mol. The monoisotopic (exact) mass is 210 g/mol. The lowest BCUT2D eigenvalue weighted by Gasteiger charge is -2.60. The zero-order valence-corrected chi connectivity index (χ0v) is 9.67. The lowest BCUT2D eigenvalue weighted by molar-refractivity contribution is -0.356. The maximum atomic E-state index is 10.3. The molecule has 2 nitrogen and oxygen atoms in total. The highest BCUT2D eigenvalue weighted by Gasteiger charge is 2.57. The van der Waals surface area contributed by atoms with Gasteiger partial charge in [0.1, 0.15) is 0 Å². The van der Waals surface area contributed by atoms with Crippen molar-refractivity contribution in [1.29, 1.82) is 0 Å². The van der Waals surface area contributed by atoms with Gasteiger partial charge in [0.2, 0.25) is 0 Å². The highest BCUT2D eigenvalue weighted by atomic mass is 16.6. The van der Waals surface area contributed by atoms with Crippen molar-refractivity contribution < 1.29 is 9.84 Å². The number of rotatable bonds is 3. The van der Waals surface area contributed by atoms with E-state index in [-0.39, 0.29) is 5.60 Å². The van der Waals surface area contributed by atoms with Crippen LogP contribution in [0, 0.1) is 11.8 Å². The minimum atomic E-state index is -0.738. The van der Waals surface area contributed by atoms with E-state index in [2.05, 4.69) is 6.92 Å². The third-order valence-electron chi connectivity index (χ3n) is 4.60. The molecule has 86 valence electrons. The van der Waals surface area contributed by atoms with Gasteiger partial charge in [-0.25, -0.2) is 0 Å². The molecule has 2 unspecified atom stereocenters. The van der Waals surface area contributed by atoms with Gasteiger partial charge in [-0.15, -0.1) is 0 Å². The van der Waals surface area contributed by atoms with Crippen LogP contribution in [0.4, 0.5) is 0 Å². The van der Waals surface area contributed by atoms with Gasteiger partial charge in [-0.05, 0) is 37.5 Å². The highest BCUT2D eigenvalue weighted by molar-refractivity contribution is 5.04. The smallest absolute Gasteiger partial charge is 0.166 e. The molecule has 2 heterocycles. The Kier molecular flexibility index (Phi) is 2.16. The molecule has 0 aromatic heterocycles. The average molecular weight is 210 g/mol. The van der Waals surface area contributed by atoms with Crippen LogP contribution in [0.3, 0.4) is 0 Å². The summed E-state index contributed by atoms with van der Waals surface area (Å²) in [7, 11) is 0. The van der Waals surface area contributed by atoms with Crippen molar-refractivity contribution in [2.24, 2.45) is 11.8 Å². The molecule has 2 aliphatic carbocycles. The molecule has 4 aliphatic rings. The second kappa shape index (κ2) is 3.21. The Balaban J connectivity index is 1.80. The van der Waals surface area contributed by atoms with Crippen molar-refractivity contribution >= 4 is 0 Å². The Morgan fingerprint density at radius 3 is 2.40 bits per heavy atom. The first-order valence-electron chi connectivity index (χ1n) is 6.56. The lowest BCUT2D eigenvalue weighted by atomic mass is 9.60. The van der Waals surface area contributed by atoms with Crippen LogP contribution in [0.5, 0.6) is 0 Å². The summed E-state index contributed by atoms with van der Waals surface area (Å²) in [6, 6.07) is 0. The van der Waals surface area contributed by atoms with Crippen molar-refractivity contribution in [3.8, 4) is 0 Å². The molecule has 0 spiro atoms. The minimum absolute atomic E-state index is 0.0643. The van der Waals surface area contributed by atoms with Crippen LogP contribution in [0.1, 0.15) is 58.3 Å². The molecule has 0 amide bonds. The largest absolute Gasteiger partial charge is 0.365 e. The fraction of sp³-hybridized carbons (Fsp3) is 1.00. The summed E-state index contributed by atoms with van der Waals surface area (Å²) < 4.78 is 6.06. The van der Waals surface area contributed by atoms with Gasteiger partial charge in [0, 0.05) is 12.8 Å². The number of unbranched alkanes of at least 4 members (excludes halogenated alkanes) is 1. The van der Waals surface area contributed by atoms with Gasteiger partial charge in [-0.3, -0.25) is 0 Å². The van der Waals surface area contributed by atoms with Crippen LogP contribution in [0.15, 0.2) is 0 Å². The van der Waals surface area contributed by atoms with Crippen LogP contribution < -0.4 is 0 Å². The average Bonchev–Trinajstić information content (AvgIpc) is 2.10. The number of hydrogen-bond donors (Lipinski definition) is 1. The number of aliphatic hydroxyl groups is 1. The van der Waals surface area contributed by atoms with E-state index in [1.54, 1.807) is 0 Å². The first-order chi connectivity index (χ1) is 7.13. The maximum absolute atomic E-state index is 10.3. The molecule has 0 aromatic rings. The number of hydrogen-bond acceptors (Lipinski definition) is 2. The van der Waals surface area contributed by atoms with Crippen molar-refractivity contribution in [3.63, 3.8) is 0 Å². The van der Waals surface area contributed by atoms with Gasteiger partial charge < -0.3 is 9.84 Å². The summed E-state index contributed by atoms with van der Waals surface area (Å²) in [4.78, 5) is 0. The summed E-state index contributed by atoms with van der Waals surface area (Å²) in [6.45, 7) is 2.23. The third-order valence-corrected chi connectivity index (χ3v) is 4.60. The molecule has 2 atom stereocenters. The molecular weight excluding hydrogens is 188 g/mol. The van der Waals surface area contributed by atoms with Crippen molar-refractivity contribution in [1.82, 2.24) is 0 Å². The second-order valence-corrected chi connectivity index (χ2v) is 6.12. The molecule has 2 saturated carbocycles. The van der Waals surface area contributed by atoms with Crippen LogP contribution >= 0.6 is 0 Å². The zero-order valence-electron chi connectivity index (χ0n) is 9.67. The van der Waals surface area contributed by atoms with E-state index >= 15 is 0 Å². The van der Waals surface area contributed by atoms with Crippen molar-refractivity contribution in [2.45, 2.75) is 69.7 Å². The van der Waals surface area contributed by atoms with Gasteiger partial charge >= 0.3 is 0 Å².